The molecule has 2 saturated heterocycles. The summed E-state index contributed by atoms with van der Waals surface area (Å²) in [4.78, 5) is 0. The Bertz CT molecular complexity index is 167. The van der Waals surface area contributed by atoms with Crippen LogP contribution >= 0.6 is 0 Å². The van der Waals surface area contributed by atoms with Crippen molar-refractivity contribution in [2.75, 3.05) is 13.2 Å². The molecule has 0 N–H and O–H groups in total. The molecule has 2 heteroatoms. The minimum Gasteiger partial charge on any atom is -0.374 e. The second-order valence-corrected chi connectivity index (χ2v) is 3.47. The van der Waals surface area contributed by atoms with E-state index in [-0.39, 0.29) is 0 Å². The molecule has 0 aromatic carbocycles. The first-order valence-corrected chi connectivity index (χ1v) is 4.18. The van der Waals surface area contributed by atoms with Crippen LogP contribution in [0.1, 0.15) is 6.92 Å². The second-order valence-electron chi connectivity index (χ2n) is 3.47. The molecule has 0 bridgehead atoms. The van der Waals surface area contributed by atoms with Crippen LogP contribution in [0.2, 0.25) is 0 Å². The van der Waals surface area contributed by atoms with Crippen molar-refractivity contribution < 1.29 is 9.47 Å². The molecular weight excluding hydrogens is 140 g/mol. The predicted molar refractivity (Wildman–Crippen MR) is 42.3 cm³/mol. The molecule has 0 aromatic rings. The van der Waals surface area contributed by atoms with Crippen LogP contribution in [0.3, 0.4) is 0 Å². The quantitative estimate of drug-likeness (QED) is 0.529. The van der Waals surface area contributed by atoms with Crippen molar-refractivity contribution in [1.29, 1.82) is 0 Å². The van der Waals surface area contributed by atoms with Crippen LogP contribution in [-0.4, -0.2) is 25.4 Å². The first-order valence-electron chi connectivity index (χ1n) is 4.18. The van der Waals surface area contributed by atoms with Gasteiger partial charge in [-0.3, -0.25) is 0 Å². The van der Waals surface area contributed by atoms with Crippen LogP contribution in [0.5, 0.6) is 0 Å². The summed E-state index contributed by atoms with van der Waals surface area (Å²) >= 11 is 0. The van der Waals surface area contributed by atoms with Crippen LogP contribution in [0.4, 0.5) is 0 Å². The summed E-state index contributed by atoms with van der Waals surface area (Å²) in [5, 5.41) is 0. The third kappa shape index (κ3) is 1.01. The minimum absolute atomic E-state index is 0.294. The van der Waals surface area contributed by atoms with Gasteiger partial charge in [0.1, 0.15) is 0 Å². The van der Waals surface area contributed by atoms with E-state index in [1.165, 1.54) is 0 Å². The Labute approximate surface area is 67.2 Å². The summed E-state index contributed by atoms with van der Waals surface area (Å²) in [6, 6.07) is 0. The predicted octanol–water partition coefficient (Wildman–Crippen LogP) is 1.22. The smallest absolute Gasteiger partial charge is 0.0924 e. The van der Waals surface area contributed by atoms with Gasteiger partial charge >= 0.3 is 0 Å². The lowest BCUT2D eigenvalue weighted by Gasteiger charge is -2.11. The Morgan fingerprint density at radius 1 is 1.27 bits per heavy atom. The Hall–Kier alpha value is -0.340. The molecule has 0 spiro atoms. The molecule has 2 heterocycles. The minimum atomic E-state index is 0.294. The van der Waals surface area contributed by atoms with Gasteiger partial charge in [-0.1, -0.05) is 13.0 Å². The highest BCUT2D eigenvalue weighted by Gasteiger charge is 2.44. The molecule has 2 aliphatic rings. The van der Waals surface area contributed by atoms with Crippen molar-refractivity contribution >= 4 is 0 Å². The van der Waals surface area contributed by atoms with Gasteiger partial charge in [0, 0.05) is 11.8 Å². The summed E-state index contributed by atoms with van der Waals surface area (Å²) in [7, 11) is 0. The van der Waals surface area contributed by atoms with Crippen molar-refractivity contribution in [2.24, 2.45) is 11.8 Å². The van der Waals surface area contributed by atoms with Gasteiger partial charge in [0.15, 0.2) is 0 Å². The van der Waals surface area contributed by atoms with Gasteiger partial charge in [0.25, 0.3) is 0 Å². The number of fused-ring (bicyclic) bond motifs is 1. The van der Waals surface area contributed by atoms with Crippen molar-refractivity contribution in [3.63, 3.8) is 0 Å². The van der Waals surface area contributed by atoms with E-state index in [4.69, 9.17) is 9.47 Å². The van der Waals surface area contributed by atoms with Gasteiger partial charge in [-0.05, 0) is 0 Å². The van der Waals surface area contributed by atoms with E-state index >= 15 is 0 Å². The standard InChI is InChI=1S/C9H14O2/c1-3-7-5-11-8-6(2)4-10-9(7)8/h3,6-9H,1,4-5H2,2H3/t6-,7-,8?,9?/m0/s1. The van der Waals surface area contributed by atoms with E-state index in [2.05, 4.69) is 13.5 Å². The zero-order valence-electron chi connectivity index (χ0n) is 6.82. The monoisotopic (exact) mass is 154 g/mol. The highest BCUT2D eigenvalue weighted by atomic mass is 16.6. The molecule has 2 fully saturated rings. The van der Waals surface area contributed by atoms with E-state index < -0.39 is 0 Å². The molecular formula is C9H14O2. The molecule has 2 nitrogen and oxygen atoms in total. The molecule has 2 unspecified atom stereocenters. The Kier molecular flexibility index (Phi) is 1.74. The molecule has 2 rings (SSSR count). The number of hydrogen-bond acceptors (Lipinski definition) is 2. The fraction of sp³-hybridized carbons (Fsp3) is 0.778. The maximum absolute atomic E-state index is 5.60. The Balaban J connectivity index is 2.10. The lowest BCUT2D eigenvalue weighted by molar-refractivity contribution is 0.0639. The third-order valence-electron chi connectivity index (χ3n) is 2.64. The van der Waals surface area contributed by atoms with E-state index in [0.717, 1.165) is 13.2 Å². The van der Waals surface area contributed by atoms with E-state index in [1.54, 1.807) is 0 Å². The lowest BCUT2D eigenvalue weighted by atomic mass is 9.98. The molecule has 2 aliphatic heterocycles. The fourth-order valence-electron chi connectivity index (χ4n) is 1.92. The topological polar surface area (TPSA) is 18.5 Å². The van der Waals surface area contributed by atoms with Crippen LogP contribution < -0.4 is 0 Å². The van der Waals surface area contributed by atoms with Gasteiger partial charge in [0.2, 0.25) is 0 Å². The van der Waals surface area contributed by atoms with Crippen LogP contribution in [0.25, 0.3) is 0 Å². The first kappa shape index (κ1) is 7.32. The van der Waals surface area contributed by atoms with Crippen molar-refractivity contribution in [2.45, 2.75) is 19.1 Å². The van der Waals surface area contributed by atoms with E-state index in [0.29, 0.717) is 24.0 Å². The summed E-state index contributed by atoms with van der Waals surface area (Å²) in [5.41, 5.74) is 0. The Morgan fingerprint density at radius 2 is 2.00 bits per heavy atom. The van der Waals surface area contributed by atoms with Crippen molar-refractivity contribution in [1.82, 2.24) is 0 Å². The van der Waals surface area contributed by atoms with Crippen LogP contribution in [0, 0.1) is 11.8 Å². The molecule has 0 aromatic heterocycles. The molecule has 0 saturated carbocycles. The highest BCUT2D eigenvalue weighted by molar-refractivity contribution is 4.98. The largest absolute Gasteiger partial charge is 0.374 e. The summed E-state index contributed by atoms with van der Waals surface area (Å²) in [6.07, 6.45) is 2.57. The van der Waals surface area contributed by atoms with Gasteiger partial charge in [-0.15, -0.1) is 6.58 Å². The number of rotatable bonds is 1. The molecule has 11 heavy (non-hydrogen) atoms. The van der Waals surface area contributed by atoms with Crippen molar-refractivity contribution in [3.05, 3.63) is 12.7 Å². The zero-order chi connectivity index (χ0) is 7.84. The van der Waals surface area contributed by atoms with E-state index in [9.17, 15) is 0 Å². The van der Waals surface area contributed by atoms with Gasteiger partial charge < -0.3 is 9.47 Å². The maximum atomic E-state index is 5.60. The molecule has 0 radical (unpaired) electrons. The summed E-state index contributed by atoms with van der Waals surface area (Å²) < 4.78 is 11.2. The molecule has 0 amide bonds. The first-order chi connectivity index (χ1) is 5.33. The third-order valence-corrected chi connectivity index (χ3v) is 2.64. The number of hydrogen-bond donors (Lipinski definition) is 0. The van der Waals surface area contributed by atoms with Crippen molar-refractivity contribution in [3.8, 4) is 0 Å². The SMILES string of the molecule is C=C[C@H]1COC2C1OC[C@@H]2C. The van der Waals surface area contributed by atoms with Crippen LogP contribution in [0.15, 0.2) is 12.7 Å². The molecule has 0 aliphatic carbocycles. The average Bonchev–Trinajstić information content (AvgIpc) is 2.53. The molecule has 62 valence electrons. The average molecular weight is 154 g/mol. The normalized spacial score (nSPS) is 49.2. The highest BCUT2D eigenvalue weighted by Crippen LogP contribution is 2.34. The van der Waals surface area contributed by atoms with Gasteiger partial charge in [-0.25, -0.2) is 0 Å². The maximum Gasteiger partial charge on any atom is 0.0924 e. The van der Waals surface area contributed by atoms with E-state index in [1.807, 2.05) is 6.08 Å². The van der Waals surface area contributed by atoms with Crippen LogP contribution in [-0.2, 0) is 9.47 Å². The lowest BCUT2D eigenvalue weighted by Crippen LogP contribution is -2.23. The Morgan fingerprint density at radius 3 is 2.73 bits per heavy atom. The second kappa shape index (κ2) is 2.61. The summed E-state index contributed by atoms with van der Waals surface area (Å²) in [5.74, 6) is 0.981. The fourth-order valence-corrected chi connectivity index (χ4v) is 1.92. The summed E-state index contributed by atoms with van der Waals surface area (Å²) in [6.45, 7) is 7.59. The number of ether oxygens (including phenoxy) is 2. The molecule has 4 atom stereocenters. The zero-order valence-corrected chi connectivity index (χ0v) is 6.82. The van der Waals surface area contributed by atoms with Gasteiger partial charge in [-0.2, -0.15) is 0 Å². The van der Waals surface area contributed by atoms with Gasteiger partial charge in [0.05, 0.1) is 25.4 Å².